The van der Waals surface area contributed by atoms with Gasteiger partial charge in [-0.1, -0.05) is 0 Å². The summed E-state index contributed by atoms with van der Waals surface area (Å²) in [6.07, 6.45) is 1.90. The van der Waals surface area contributed by atoms with Crippen LogP contribution in [0.5, 0.6) is 0 Å². The van der Waals surface area contributed by atoms with E-state index in [9.17, 15) is 8.42 Å². The first kappa shape index (κ1) is 11.3. The van der Waals surface area contributed by atoms with Crippen molar-refractivity contribution in [3.05, 3.63) is 0 Å². The molecular formula is C10H16ClNO3S. The molecule has 1 spiro atoms. The van der Waals surface area contributed by atoms with Gasteiger partial charge in [-0.25, -0.2) is 8.42 Å². The predicted octanol–water partition coefficient (Wildman–Crippen LogP) is 0.666. The fourth-order valence-corrected chi connectivity index (χ4v) is 5.48. The van der Waals surface area contributed by atoms with Gasteiger partial charge in [0.15, 0.2) is 0 Å². The fraction of sp³-hybridized carbons (Fsp3) is 1.00. The first-order valence-electron chi connectivity index (χ1n) is 5.62. The molecule has 16 heavy (non-hydrogen) atoms. The number of likely N-dealkylation sites (tertiary alicyclic amines) is 1. The highest BCUT2D eigenvalue weighted by Gasteiger charge is 2.73. The molecule has 0 aromatic heterocycles. The first-order valence-corrected chi connectivity index (χ1v) is 8.10. The summed E-state index contributed by atoms with van der Waals surface area (Å²) in [5, 5.41) is 0. The van der Waals surface area contributed by atoms with E-state index >= 15 is 0 Å². The van der Waals surface area contributed by atoms with Gasteiger partial charge in [-0.15, -0.1) is 0 Å². The third-order valence-electron chi connectivity index (χ3n) is 4.55. The highest BCUT2D eigenvalue weighted by molar-refractivity contribution is 8.13. The van der Waals surface area contributed by atoms with Gasteiger partial charge in [0.2, 0.25) is 9.05 Å². The van der Waals surface area contributed by atoms with Crippen molar-refractivity contribution in [2.45, 2.75) is 18.4 Å². The lowest BCUT2D eigenvalue weighted by molar-refractivity contribution is -0.0381. The van der Waals surface area contributed by atoms with Gasteiger partial charge in [0.05, 0.1) is 18.0 Å². The quantitative estimate of drug-likeness (QED) is 0.689. The van der Waals surface area contributed by atoms with Crippen LogP contribution in [0.3, 0.4) is 0 Å². The predicted molar refractivity (Wildman–Crippen MR) is 61.0 cm³/mol. The van der Waals surface area contributed by atoms with Crippen LogP contribution in [-0.2, 0) is 13.8 Å². The molecule has 1 saturated carbocycles. The molecule has 3 rings (SSSR count). The minimum atomic E-state index is -3.43. The number of nitrogens with zero attached hydrogens (tertiary/aromatic N) is 1. The van der Waals surface area contributed by atoms with Gasteiger partial charge in [-0.2, -0.15) is 0 Å². The van der Waals surface area contributed by atoms with Crippen LogP contribution >= 0.6 is 10.7 Å². The molecule has 2 saturated heterocycles. The van der Waals surface area contributed by atoms with Crippen LogP contribution in [0.25, 0.3) is 0 Å². The highest BCUT2D eigenvalue weighted by atomic mass is 35.7. The van der Waals surface area contributed by atoms with Crippen LogP contribution in [-0.4, -0.2) is 51.4 Å². The average Bonchev–Trinajstić information content (AvgIpc) is 2.58. The molecule has 6 heteroatoms. The minimum Gasteiger partial charge on any atom is -0.373 e. The first-order chi connectivity index (χ1) is 7.37. The molecule has 92 valence electrons. The Morgan fingerprint density at radius 2 is 2.31 bits per heavy atom. The number of rotatable bonds is 2. The molecule has 1 aliphatic carbocycles. The Morgan fingerprint density at radius 1 is 1.56 bits per heavy atom. The highest BCUT2D eigenvalue weighted by Crippen LogP contribution is 2.68. The lowest BCUT2D eigenvalue weighted by Crippen LogP contribution is -2.44. The molecule has 0 aromatic carbocycles. The van der Waals surface area contributed by atoms with Gasteiger partial charge in [0, 0.05) is 29.2 Å². The molecule has 0 radical (unpaired) electrons. The number of hydrogen-bond donors (Lipinski definition) is 0. The van der Waals surface area contributed by atoms with E-state index < -0.39 is 9.05 Å². The maximum absolute atomic E-state index is 11.3. The van der Waals surface area contributed by atoms with Gasteiger partial charge in [-0.05, 0) is 25.8 Å². The Hall–Kier alpha value is 0.160. The molecule has 0 amide bonds. The van der Waals surface area contributed by atoms with Crippen molar-refractivity contribution in [3.8, 4) is 0 Å². The van der Waals surface area contributed by atoms with Crippen LogP contribution < -0.4 is 0 Å². The van der Waals surface area contributed by atoms with Gasteiger partial charge < -0.3 is 9.64 Å². The average molecular weight is 266 g/mol. The summed E-state index contributed by atoms with van der Waals surface area (Å²) < 4.78 is 28.6. The SMILES string of the molecule is CN1CCC2(C1)OCC1CC12CS(=O)(=O)Cl. The number of hydrogen-bond acceptors (Lipinski definition) is 4. The Bertz CT molecular complexity index is 426. The number of likely N-dealkylation sites (N-methyl/N-ethyl adjacent to an activating group) is 1. The Balaban J connectivity index is 1.90. The maximum atomic E-state index is 11.3. The minimum absolute atomic E-state index is 0.0834. The van der Waals surface area contributed by atoms with Crippen molar-refractivity contribution < 1.29 is 13.2 Å². The van der Waals surface area contributed by atoms with Crippen molar-refractivity contribution in [2.24, 2.45) is 11.3 Å². The largest absolute Gasteiger partial charge is 0.373 e. The number of fused-ring (bicyclic) bond motifs is 2. The van der Waals surface area contributed by atoms with E-state index in [2.05, 4.69) is 11.9 Å². The molecule has 3 atom stereocenters. The fourth-order valence-electron chi connectivity index (χ4n) is 3.67. The van der Waals surface area contributed by atoms with Crippen molar-refractivity contribution in [1.29, 1.82) is 0 Å². The van der Waals surface area contributed by atoms with E-state index in [0.29, 0.717) is 12.5 Å². The maximum Gasteiger partial charge on any atom is 0.233 e. The number of halogens is 1. The summed E-state index contributed by atoms with van der Waals surface area (Å²) in [7, 11) is 4.05. The van der Waals surface area contributed by atoms with Crippen LogP contribution in [0.2, 0.25) is 0 Å². The summed E-state index contributed by atoms with van der Waals surface area (Å²) in [6.45, 7) is 2.53. The second-order valence-corrected chi connectivity index (χ2v) is 8.31. The zero-order valence-electron chi connectivity index (χ0n) is 9.28. The molecule has 0 bridgehead atoms. The van der Waals surface area contributed by atoms with Crippen molar-refractivity contribution in [1.82, 2.24) is 4.90 Å². The lowest BCUT2D eigenvalue weighted by Gasteiger charge is -2.33. The molecule has 4 nitrogen and oxygen atoms in total. The summed E-state index contributed by atoms with van der Waals surface area (Å²) in [6, 6.07) is 0. The standard InChI is InChI=1S/C10H16ClNO3S/c1-12-3-2-10(6-12)9(7-16(11,13)14)4-8(9)5-15-10/h8H,2-7H2,1H3. The topological polar surface area (TPSA) is 46.6 Å². The van der Waals surface area contributed by atoms with E-state index in [-0.39, 0.29) is 16.8 Å². The van der Waals surface area contributed by atoms with E-state index in [1.165, 1.54) is 0 Å². The Kier molecular flexibility index (Phi) is 2.20. The summed E-state index contributed by atoms with van der Waals surface area (Å²) in [5.74, 6) is 0.493. The van der Waals surface area contributed by atoms with Gasteiger partial charge in [0.25, 0.3) is 0 Å². The third-order valence-corrected chi connectivity index (χ3v) is 5.74. The molecule has 3 fully saturated rings. The smallest absolute Gasteiger partial charge is 0.233 e. The second kappa shape index (κ2) is 3.13. The van der Waals surface area contributed by atoms with Crippen LogP contribution in [0.4, 0.5) is 0 Å². The van der Waals surface area contributed by atoms with Crippen LogP contribution in [0.15, 0.2) is 0 Å². The summed E-state index contributed by atoms with van der Waals surface area (Å²) >= 11 is 0. The van der Waals surface area contributed by atoms with Crippen molar-refractivity contribution in [2.75, 3.05) is 32.5 Å². The van der Waals surface area contributed by atoms with E-state index in [4.69, 9.17) is 15.4 Å². The lowest BCUT2D eigenvalue weighted by atomic mass is 9.84. The molecular weight excluding hydrogens is 250 g/mol. The summed E-state index contributed by atoms with van der Waals surface area (Å²) in [4.78, 5) is 2.21. The molecule has 0 N–H and O–H groups in total. The van der Waals surface area contributed by atoms with Gasteiger partial charge in [0.1, 0.15) is 0 Å². The van der Waals surface area contributed by atoms with E-state index in [1.807, 2.05) is 0 Å². The van der Waals surface area contributed by atoms with Crippen LogP contribution in [0, 0.1) is 11.3 Å². The summed E-state index contributed by atoms with van der Waals surface area (Å²) in [5.41, 5.74) is -0.424. The van der Waals surface area contributed by atoms with Crippen molar-refractivity contribution in [3.63, 3.8) is 0 Å². The Morgan fingerprint density at radius 3 is 2.81 bits per heavy atom. The zero-order chi connectivity index (χ0) is 11.6. The van der Waals surface area contributed by atoms with Crippen LogP contribution in [0.1, 0.15) is 12.8 Å². The molecule has 3 unspecified atom stereocenters. The van der Waals surface area contributed by atoms with E-state index in [1.54, 1.807) is 0 Å². The van der Waals surface area contributed by atoms with Gasteiger partial charge in [-0.3, -0.25) is 0 Å². The molecule has 2 aliphatic heterocycles. The Labute approximate surface area is 100 Å². The molecule has 0 aromatic rings. The zero-order valence-corrected chi connectivity index (χ0v) is 10.9. The van der Waals surface area contributed by atoms with E-state index in [0.717, 1.165) is 25.9 Å². The molecule has 3 aliphatic rings. The number of ether oxygens (including phenoxy) is 1. The van der Waals surface area contributed by atoms with Gasteiger partial charge >= 0.3 is 0 Å². The molecule has 2 heterocycles. The third kappa shape index (κ3) is 1.45. The monoisotopic (exact) mass is 265 g/mol. The van der Waals surface area contributed by atoms with Crippen molar-refractivity contribution >= 4 is 19.7 Å². The second-order valence-electron chi connectivity index (χ2n) is 5.53. The normalized spacial score (nSPS) is 47.5.